The van der Waals surface area contributed by atoms with E-state index in [-0.39, 0.29) is 12.0 Å². The van der Waals surface area contributed by atoms with Gasteiger partial charge in [0, 0.05) is 5.70 Å². The van der Waals surface area contributed by atoms with Gasteiger partial charge in [0.2, 0.25) is 5.95 Å². The van der Waals surface area contributed by atoms with Crippen LogP contribution in [0.5, 0.6) is 0 Å². The fourth-order valence-electron chi connectivity index (χ4n) is 3.01. The van der Waals surface area contributed by atoms with Crippen LogP contribution >= 0.6 is 0 Å². The Hall–Kier alpha value is -2.63. The van der Waals surface area contributed by atoms with Gasteiger partial charge in [-0.1, -0.05) is 49.6 Å². The highest BCUT2D eigenvalue weighted by molar-refractivity contribution is 5.92. The largest absolute Gasteiger partial charge is 0.462 e. The summed E-state index contributed by atoms with van der Waals surface area (Å²) in [5.74, 6) is 0.332. The molecule has 1 N–H and O–H groups in total. The van der Waals surface area contributed by atoms with Crippen molar-refractivity contribution in [2.75, 3.05) is 11.9 Å². The van der Waals surface area contributed by atoms with Crippen molar-refractivity contribution in [1.29, 1.82) is 0 Å². The molecule has 6 heteroatoms. The van der Waals surface area contributed by atoms with E-state index in [9.17, 15) is 4.79 Å². The lowest BCUT2D eigenvalue weighted by Gasteiger charge is -2.28. The maximum Gasteiger partial charge on any atom is 0.338 e. The first kappa shape index (κ1) is 17.2. The van der Waals surface area contributed by atoms with Gasteiger partial charge >= 0.3 is 5.97 Å². The summed E-state index contributed by atoms with van der Waals surface area (Å²) in [6.45, 7) is 6.48. The molecule has 3 rings (SSSR count). The highest BCUT2D eigenvalue weighted by Gasteiger charge is 2.34. The number of carbonyl (C=O) groups is 1. The fourth-order valence-corrected chi connectivity index (χ4v) is 3.01. The van der Waals surface area contributed by atoms with Gasteiger partial charge in [-0.25, -0.2) is 9.48 Å². The molecule has 1 aromatic carbocycles. The topological polar surface area (TPSA) is 69.0 Å². The summed E-state index contributed by atoms with van der Waals surface area (Å²) in [5.41, 5.74) is 3.49. The minimum Gasteiger partial charge on any atom is -0.462 e. The Bertz CT molecular complexity index is 777. The molecule has 132 valence electrons. The van der Waals surface area contributed by atoms with Gasteiger partial charge in [-0.15, -0.1) is 0 Å². The number of fused-ring (bicyclic) bond motifs is 1. The number of hydrogen-bond acceptors (Lipinski definition) is 5. The van der Waals surface area contributed by atoms with E-state index in [0.717, 1.165) is 30.5 Å². The van der Waals surface area contributed by atoms with Crippen molar-refractivity contribution < 1.29 is 9.53 Å². The molecule has 0 amide bonds. The van der Waals surface area contributed by atoms with Crippen LogP contribution < -0.4 is 5.32 Å². The Morgan fingerprint density at radius 3 is 2.72 bits per heavy atom. The first-order valence-corrected chi connectivity index (χ1v) is 8.72. The molecule has 2 heterocycles. The number of nitrogens with zero attached hydrogens (tertiary/aromatic N) is 3. The highest BCUT2D eigenvalue weighted by Crippen LogP contribution is 2.35. The molecule has 0 bridgehead atoms. The van der Waals surface area contributed by atoms with E-state index in [4.69, 9.17) is 4.74 Å². The fraction of sp³-hybridized carbons (Fsp3) is 0.421. The first-order valence-electron chi connectivity index (χ1n) is 8.72. The molecule has 0 fully saturated rings. The Morgan fingerprint density at radius 1 is 1.24 bits per heavy atom. The Kier molecular flexibility index (Phi) is 5.16. The predicted molar refractivity (Wildman–Crippen MR) is 96.1 cm³/mol. The number of unbranched alkanes of at least 4 members (excludes halogenated alkanes) is 2. The van der Waals surface area contributed by atoms with Crippen LogP contribution in [0.4, 0.5) is 5.95 Å². The van der Waals surface area contributed by atoms with Gasteiger partial charge in [0.25, 0.3) is 0 Å². The van der Waals surface area contributed by atoms with Crippen molar-refractivity contribution in [3.8, 4) is 0 Å². The minimum atomic E-state index is -0.335. The molecule has 1 aliphatic heterocycles. The monoisotopic (exact) mass is 340 g/mol. The third-order valence-electron chi connectivity index (χ3n) is 4.39. The molecule has 25 heavy (non-hydrogen) atoms. The highest BCUT2D eigenvalue weighted by atomic mass is 16.5. The maximum atomic E-state index is 12.8. The Balaban J connectivity index is 1.92. The van der Waals surface area contributed by atoms with Crippen molar-refractivity contribution in [3.63, 3.8) is 0 Å². The number of rotatable bonds is 6. The number of benzene rings is 1. The zero-order valence-corrected chi connectivity index (χ0v) is 15.0. The standard InChI is InChI=1S/C19H24N4O2/c1-4-5-6-11-25-18(24)16-14(3)22-19-20-12-21-23(19)17(16)15-9-7-13(2)8-10-15/h7-10,12,17H,4-6,11H2,1-3H3,(H,20,21,22)/t17-/m1/s1. The number of ether oxygens (including phenoxy) is 1. The van der Waals surface area contributed by atoms with Gasteiger partial charge in [0.15, 0.2) is 0 Å². The second-order valence-corrected chi connectivity index (χ2v) is 6.35. The van der Waals surface area contributed by atoms with Gasteiger partial charge in [0.1, 0.15) is 12.4 Å². The number of aryl methyl sites for hydroxylation is 1. The minimum absolute atomic E-state index is 0.298. The Morgan fingerprint density at radius 2 is 2.00 bits per heavy atom. The zero-order valence-electron chi connectivity index (χ0n) is 15.0. The van der Waals surface area contributed by atoms with E-state index in [0.29, 0.717) is 18.1 Å². The molecule has 0 spiro atoms. The van der Waals surface area contributed by atoms with Crippen LogP contribution in [0.2, 0.25) is 0 Å². The van der Waals surface area contributed by atoms with Crippen LogP contribution in [0.15, 0.2) is 41.9 Å². The first-order chi connectivity index (χ1) is 12.1. The normalized spacial score (nSPS) is 16.4. The van der Waals surface area contributed by atoms with E-state index >= 15 is 0 Å². The number of aromatic nitrogens is 3. The molecular formula is C19H24N4O2. The van der Waals surface area contributed by atoms with Crippen molar-refractivity contribution in [3.05, 3.63) is 53.0 Å². The smallest absolute Gasteiger partial charge is 0.338 e. The molecule has 6 nitrogen and oxygen atoms in total. The maximum absolute atomic E-state index is 12.8. The summed E-state index contributed by atoms with van der Waals surface area (Å²) in [4.78, 5) is 17.0. The van der Waals surface area contributed by atoms with Crippen LogP contribution in [0.25, 0.3) is 0 Å². The number of esters is 1. The average Bonchev–Trinajstić information content (AvgIpc) is 3.06. The summed E-state index contributed by atoms with van der Waals surface area (Å²) in [6.07, 6.45) is 4.52. The molecule has 0 saturated heterocycles. The molecule has 0 radical (unpaired) electrons. The summed E-state index contributed by atoms with van der Waals surface area (Å²) >= 11 is 0. The van der Waals surface area contributed by atoms with E-state index < -0.39 is 0 Å². The predicted octanol–water partition coefficient (Wildman–Crippen LogP) is 3.61. The van der Waals surface area contributed by atoms with E-state index in [2.05, 4.69) is 22.3 Å². The van der Waals surface area contributed by atoms with Gasteiger partial charge < -0.3 is 10.1 Å². The van der Waals surface area contributed by atoms with Gasteiger partial charge in [-0.3, -0.25) is 0 Å². The number of anilines is 1. The van der Waals surface area contributed by atoms with E-state index in [1.165, 1.54) is 11.9 Å². The lowest BCUT2D eigenvalue weighted by atomic mass is 9.95. The molecule has 1 aromatic heterocycles. The van der Waals surface area contributed by atoms with Gasteiger partial charge in [-0.05, 0) is 25.8 Å². The molecular weight excluding hydrogens is 316 g/mol. The third kappa shape index (κ3) is 3.57. The quantitative estimate of drug-likeness (QED) is 0.642. The number of hydrogen-bond donors (Lipinski definition) is 1. The third-order valence-corrected chi connectivity index (χ3v) is 4.39. The zero-order chi connectivity index (χ0) is 17.8. The lowest BCUT2D eigenvalue weighted by molar-refractivity contribution is -0.139. The van der Waals surface area contributed by atoms with Crippen molar-refractivity contribution in [1.82, 2.24) is 14.8 Å². The van der Waals surface area contributed by atoms with Crippen LogP contribution in [0.3, 0.4) is 0 Å². The second kappa shape index (κ2) is 7.51. The molecule has 2 aromatic rings. The number of allylic oxidation sites excluding steroid dienone is 1. The summed E-state index contributed by atoms with van der Waals surface area (Å²) in [7, 11) is 0. The Labute approximate surface area is 147 Å². The van der Waals surface area contributed by atoms with Crippen LogP contribution in [0, 0.1) is 6.92 Å². The molecule has 1 atom stereocenters. The van der Waals surface area contributed by atoms with Crippen molar-refractivity contribution in [2.24, 2.45) is 0 Å². The number of nitrogens with one attached hydrogen (secondary N) is 1. The second-order valence-electron chi connectivity index (χ2n) is 6.35. The van der Waals surface area contributed by atoms with E-state index in [1.807, 2.05) is 38.1 Å². The van der Waals surface area contributed by atoms with E-state index in [1.54, 1.807) is 4.68 Å². The lowest BCUT2D eigenvalue weighted by Crippen LogP contribution is -2.29. The molecule has 0 unspecified atom stereocenters. The van der Waals surface area contributed by atoms with Gasteiger partial charge in [-0.2, -0.15) is 10.1 Å². The van der Waals surface area contributed by atoms with Crippen LogP contribution in [0.1, 0.15) is 50.3 Å². The molecule has 1 aliphatic rings. The van der Waals surface area contributed by atoms with Crippen LogP contribution in [-0.2, 0) is 9.53 Å². The number of carbonyl (C=O) groups excluding carboxylic acids is 1. The summed E-state index contributed by atoms with van der Waals surface area (Å²) in [5, 5.41) is 7.47. The summed E-state index contributed by atoms with van der Waals surface area (Å²) in [6, 6.07) is 7.78. The van der Waals surface area contributed by atoms with Gasteiger partial charge in [0.05, 0.1) is 12.2 Å². The molecule has 0 saturated carbocycles. The van der Waals surface area contributed by atoms with Crippen molar-refractivity contribution >= 4 is 11.9 Å². The van der Waals surface area contributed by atoms with Crippen molar-refractivity contribution in [2.45, 2.75) is 46.1 Å². The van der Waals surface area contributed by atoms with Crippen LogP contribution in [-0.4, -0.2) is 27.3 Å². The SMILES string of the molecule is CCCCCOC(=O)C1=C(C)Nc2ncnn2[C@@H]1c1ccc(C)cc1. The molecule has 0 aliphatic carbocycles. The average molecular weight is 340 g/mol. The summed E-state index contributed by atoms with van der Waals surface area (Å²) < 4.78 is 7.26.